The number of carbonyl (C=O) groups excluding carboxylic acids is 1. The highest BCUT2D eigenvalue weighted by atomic mass is 32.2. The Kier molecular flexibility index (Phi) is 4.86. The van der Waals surface area contributed by atoms with E-state index in [1.165, 1.54) is 10.6 Å². The zero-order chi connectivity index (χ0) is 15.5. The number of nitrogens with two attached hydrogens (primary N) is 1. The maximum absolute atomic E-state index is 11.7. The summed E-state index contributed by atoms with van der Waals surface area (Å²) in [5.41, 5.74) is 6.30. The fourth-order valence-electron chi connectivity index (χ4n) is 2.35. The molecule has 1 aromatic heterocycles. The summed E-state index contributed by atoms with van der Waals surface area (Å²) in [5, 5.41) is 0. The quantitative estimate of drug-likeness (QED) is 0.736. The Labute approximate surface area is 124 Å². The van der Waals surface area contributed by atoms with E-state index in [2.05, 4.69) is 9.97 Å². The van der Waals surface area contributed by atoms with Gasteiger partial charge in [0.2, 0.25) is 15.9 Å². The van der Waals surface area contributed by atoms with Crippen LogP contribution in [0.1, 0.15) is 5.56 Å². The van der Waals surface area contributed by atoms with E-state index in [-0.39, 0.29) is 6.54 Å². The van der Waals surface area contributed by atoms with E-state index in [0.29, 0.717) is 26.2 Å². The van der Waals surface area contributed by atoms with Crippen LogP contribution in [-0.2, 0) is 21.4 Å². The number of primary amides is 1. The van der Waals surface area contributed by atoms with Gasteiger partial charge in [0.1, 0.15) is 6.33 Å². The number of hydrogen-bond donors (Lipinski definition) is 1. The third kappa shape index (κ3) is 4.45. The van der Waals surface area contributed by atoms with Crippen molar-refractivity contribution in [2.75, 3.05) is 32.4 Å². The molecular weight excluding hydrogens is 294 g/mol. The van der Waals surface area contributed by atoms with Gasteiger partial charge in [0.25, 0.3) is 0 Å². The maximum Gasteiger partial charge on any atom is 0.223 e. The summed E-state index contributed by atoms with van der Waals surface area (Å²) in [7, 11) is -3.34. The Balaban J connectivity index is 2.12. The highest BCUT2D eigenvalue weighted by molar-refractivity contribution is 7.88. The van der Waals surface area contributed by atoms with E-state index in [1.807, 2.05) is 4.90 Å². The van der Waals surface area contributed by atoms with Crippen LogP contribution in [-0.4, -0.2) is 65.9 Å². The third-order valence-corrected chi connectivity index (χ3v) is 4.73. The minimum atomic E-state index is -3.34. The molecule has 0 spiro atoms. The minimum absolute atomic E-state index is 0.135. The summed E-state index contributed by atoms with van der Waals surface area (Å²) in [6.45, 7) is 2.00. The van der Waals surface area contributed by atoms with Gasteiger partial charge >= 0.3 is 0 Å². The predicted molar refractivity (Wildman–Crippen MR) is 76.4 cm³/mol. The molecular formula is C12H19N5O3S. The highest BCUT2D eigenvalue weighted by Crippen LogP contribution is 2.14. The van der Waals surface area contributed by atoms with E-state index in [4.69, 9.17) is 5.73 Å². The van der Waals surface area contributed by atoms with Crippen molar-refractivity contribution < 1.29 is 13.2 Å². The van der Waals surface area contributed by atoms with Crippen molar-refractivity contribution in [3.63, 3.8) is 0 Å². The van der Waals surface area contributed by atoms with Crippen molar-refractivity contribution in [3.05, 3.63) is 24.3 Å². The topological polar surface area (TPSA) is 109 Å². The Hall–Kier alpha value is -1.58. The SMILES string of the molecule is CS(=O)(=O)N1CCN(Cc2cncnc2)CC(C(N)=O)C1. The number of carbonyl (C=O) groups is 1. The molecule has 1 aliphatic heterocycles. The van der Waals surface area contributed by atoms with Gasteiger partial charge < -0.3 is 5.73 Å². The van der Waals surface area contributed by atoms with Gasteiger partial charge in [-0.15, -0.1) is 0 Å². The molecule has 0 bridgehead atoms. The number of hydrogen-bond acceptors (Lipinski definition) is 6. The number of amides is 1. The van der Waals surface area contributed by atoms with E-state index < -0.39 is 21.8 Å². The molecule has 1 amide bonds. The first-order chi connectivity index (χ1) is 9.86. The van der Waals surface area contributed by atoms with Crippen LogP contribution >= 0.6 is 0 Å². The first-order valence-corrected chi connectivity index (χ1v) is 8.42. The van der Waals surface area contributed by atoms with Crippen LogP contribution in [0.5, 0.6) is 0 Å². The minimum Gasteiger partial charge on any atom is -0.369 e. The Bertz CT molecular complexity index is 592. The number of rotatable bonds is 4. The van der Waals surface area contributed by atoms with Gasteiger partial charge in [-0.3, -0.25) is 9.69 Å². The fraction of sp³-hybridized carbons (Fsp3) is 0.583. The molecule has 0 aliphatic carbocycles. The van der Waals surface area contributed by atoms with Crippen LogP contribution in [0.3, 0.4) is 0 Å². The molecule has 1 aromatic rings. The molecule has 8 nitrogen and oxygen atoms in total. The lowest BCUT2D eigenvalue weighted by Crippen LogP contribution is -2.40. The molecule has 1 fully saturated rings. The van der Waals surface area contributed by atoms with Gasteiger partial charge in [-0.2, -0.15) is 0 Å². The molecule has 0 radical (unpaired) electrons. The number of nitrogens with zero attached hydrogens (tertiary/aromatic N) is 4. The normalized spacial score (nSPS) is 21.9. The summed E-state index contributed by atoms with van der Waals surface area (Å²) >= 11 is 0. The summed E-state index contributed by atoms with van der Waals surface area (Å²) < 4.78 is 24.7. The lowest BCUT2D eigenvalue weighted by atomic mass is 10.1. The van der Waals surface area contributed by atoms with Gasteiger partial charge in [-0.1, -0.05) is 0 Å². The van der Waals surface area contributed by atoms with Crippen LogP contribution in [0.25, 0.3) is 0 Å². The van der Waals surface area contributed by atoms with Gasteiger partial charge in [0.05, 0.1) is 12.2 Å². The zero-order valence-electron chi connectivity index (χ0n) is 11.8. The molecule has 0 aromatic carbocycles. The van der Waals surface area contributed by atoms with Crippen LogP contribution in [0.15, 0.2) is 18.7 Å². The highest BCUT2D eigenvalue weighted by Gasteiger charge is 2.30. The molecule has 1 saturated heterocycles. The average Bonchev–Trinajstić information content (AvgIpc) is 2.62. The van der Waals surface area contributed by atoms with Crippen molar-refractivity contribution in [1.29, 1.82) is 0 Å². The monoisotopic (exact) mass is 313 g/mol. The van der Waals surface area contributed by atoms with E-state index in [1.54, 1.807) is 12.4 Å². The maximum atomic E-state index is 11.7. The second-order valence-corrected chi connectivity index (χ2v) is 7.18. The van der Waals surface area contributed by atoms with Gasteiger partial charge in [0, 0.05) is 50.7 Å². The molecule has 0 saturated carbocycles. The smallest absolute Gasteiger partial charge is 0.223 e. The lowest BCUT2D eigenvalue weighted by Gasteiger charge is -2.21. The molecule has 1 aliphatic rings. The van der Waals surface area contributed by atoms with Crippen LogP contribution in [0, 0.1) is 5.92 Å². The lowest BCUT2D eigenvalue weighted by molar-refractivity contribution is -0.122. The molecule has 2 rings (SSSR count). The molecule has 1 atom stereocenters. The predicted octanol–water partition coefficient (Wildman–Crippen LogP) is -1.34. The van der Waals surface area contributed by atoms with Crippen molar-refractivity contribution in [2.45, 2.75) is 6.54 Å². The molecule has 9 heteroatoms. The Morgan fingerprint density at radius 2 is 2.00 bits per heavy atom. The molecule has 2 N–H and O–H groups in total. The summed E-state index contributed by atoms with van der Waals surface area (Å²) in [6.07, 6.45) is 5.99. The first-order valence-electron chi connectivity index (χ1n) is 6.57. The van der Waals surface area contributed by atoms with Crippen molar-refractivity contribution >= 4 is 15.9 Å². The number of sulfonamides is 1. The largest absolute Gasteiger partial charge is 0.369 e. The van der Waals surface area contributed by atoms with E-state index >= 15 is 0 Å². The standard InChI is InChI=1S/C12H19N5O3S/c1-21(19,20)17-3-2-16(7-11(8-17)12(13)18)6-10-4-14-9-15-5-10/h4-5,9,11H,2-3,6-8H2,1H3,(H2,13,18). The molecule has 2 heterocycles. The Morgan fingerprint density at radius 1 is 1.33 bits per heavy atom. The summed E-state index contributed by atoms with van der Waals surface area (Å²) in [4.78, 5) is 21.4. The molecule has 21 heavy (non-hydrogen) atoms. The average molecular weight is 313 g/mol. The van der Waals surface area contributed by atoms with E-state index in [0.717, 1.165) is 11.8 Å². The van der Waals surface area contributed by atoms with Crippen molar-refractivity contribution in [2.24, 2.45) is 11.7 Å². The second-order valence-electron chi connectivity index (χ2n) is 5.20. The molecule has 1 unspecified atom stereocenters. The molecule has 116 valence electrons. The zero-order valence-corrected chi connectivity index (χ0v) is 12.7. The van der Waals surface area contributed by atoms with E-state index in [9.17, 15) is 13.2 Å². The Morgan fingerprint density at radius 3 is 2.57 bits per heavy atom. The second kappa shape index (κ2) is 6.46. The summed E-state index contributed by atoms with van der Waals surface area (Å²) in [5.74, 6) is -1.01. The van der Waals surface area contributed by atoms with Gasteiger partial charge in [-0.05, 0) is 0 Å². The number of aromatic nitrogens is 2. The van der Waals surface area contributed by atoms with Crippen molar-refractivity contribution in [3.8, 4) is 0 Å². The first kappa shape index (κ1) is 15.8. The van der Waals surface area contributed by atoms with Crippen LogP contribution in [0.4, 0.5) is 0 Å². The van der Waals surface area contributed by atoms with Crippen molar-refractivity contribution in [1.82, 2.24) is 19.2 Å². The van der Waals surface area contributed by atoms with Gasteiger partial charge in [0.15, 0.2) is 0 Å². The fourth-order valence-corrected chi connectivity index (χ4v) is 3.21. The van der Waals surface area contributed by atoms with Crippen LogP contribution < -0.4 is 5.73 Å². The van der Waals surface area contributed by atoms with Gasteiger partial charge in [-0.25, -0.2) is 22.7 Å². The summed E-state index contributed by atoms with van der Waals surface area (Å²) in [6, 6.07) is 0. The third-order valence-electron chi connectivity index (χ3n) is 3.46. The van der Waals surface area contributed by atoms with Crippen LogP contribution in [0.2, 0.25) is 0 Å².